The van der Waals surface area contributed by atoms with Crippen LogP contribution in [0.5, 0.6) is 0 Å². The molecule has 2 N–H and O–H groups in total. The highest BCUT2D eigenvalue weighted by molar-refractivity contribution is 5.53. The summed E-state index contributed by atoms with van der Waals surface area (Å²) in [4.78, 5) is 0. The van der Waals surface area contributed by atoms with Gasteiger partial charge in [0.05, 0.1) is 0 Å². The van der Waals surface area contributed by atoms with E-state index in [9.17, 15) is 0 Å². The van der Waals surface area contributed by atoms with Crippen molar-refractivity contribution >= 4 is 6.08 Å². The summed E-state index contributed by atoms with van der Waals surface area (Å²) in [5, 5.41) is 0. The highest BCUT2D eigenvalue weighted by Gasteiger charge is 2.11. The molecule has 0 saturated heterocycles. The van der Waals surface area contributed by atoms with Crippen molar-refractivity contribution in [1.29, 1.82) is 0 Å². The highest BCUT2D eigenvalue weighted by atomic mass is 14.6. The van der Waals surface area contributed by atoms with E-state index in [0.717, 1.165) is 19.3 Å². The van der Waals surface area contributed by atoms with E-state index in [4.69, 9.17) is 5.73 Å². The van der Waals surface area contributed by atoms with Crippen LogP contribution in [0.4, 0.5) is 0 Å². The van der Waals surface area contributed by atoms with Crippen molar-refractivity contribution in [2.45, 2.75) is 45.1 Å². The SMILES string of the molecule is CCc1ccc(C=C2CCC(N)CC2)cc1. The maximum Gasteiger partial charge on any atom is 0.00449 e. The molecule has 1 aliphatic rings. The van der Waals surface area contributed by atoms with E-state index in [0.29, 0.717) is 6.04 Å². The van der Waals surface area contributed by atoms with Crippen molar-refractivity contribution in [3.05, 3.63) is 41.0 Å². The predicted molar refractivity (Wildman–Crippen MR) is 70.2 cm³/mol. The van der Waals surface area contributed by atoms with Gasteiger partial charge in [0.15, 0.2) is 0 Å². The molecule has 1 saturated carbocycles. The summed E-state index contributed by atoms with van der Waals surface area (Å²) in [7, 11) is 0. The standard InChI is InChI=1S/C15H21N/c1-2-12-3-5-13(6-4-12)11-14-7-9-15(16)10-8-14/h3-6,11,15H,2,7-10,16H2,1H3. The zero-order chi connectivity index (χ0) is 11.4. The normalized spacial score (nSPS) is 20.9. The molecule has 0 bridgehead atoms. The monoisotopic (exact) mass is 215 g/mol. The zero-order valence-electron chi connectivity index (χ0n) is 10.1. The summed E-state index contributed by atoms with van der Waals surface area (Å²) in [6, 6.07) is 9.32. The number of hydrogen-bond donors (Lipinski definition) is 1. The van der Waals surface area contributed by atoms with Crippen molar-refractivity contribution in [3.8, 4) is 0 Å². The summed E-state index contributed by atoms with van der Waals surface area (Å²) < 4.78 is 0. The molecule has 1 heteroatoms. The summed E-state index contributed by atoms with van der Waals surface area (Å²) >= 11 is 0. The first-order valence-corrected chi connectivity index (χ1v) is 6.32. The Kier molecular flexibility index (Phi) is 3.79. The molecule has 86 valence electrons. The van der Waals surface area contributed by atoms with Crippen LogP contribution in [-0.2, 0) is 6.42 Å². The van der Waals surface area contributed by atoms with Crippen LogP contribution in [-0.4, -0.2) is 6.04 Å². The molecule has 0 heterocycles. The molecular formula is C15H21N. The minimum absolute atomic E-state index is 0.430. The Bertz CT molecular complexity index is 352. The third-order valence-electron chi connectivity index (χ3n) is 3.43. The van der Waals surface area contributed by atoms with Crippen LogP contribution in [0, 0.1) is 0 Å². The largest absolute Gasteiger partial charge is 0.328 e. The highest BCUT2D eigenvalue weighted by Crippen LogP contribution is 2.24. The quantitative estimate of drug-likeness (QED) is 0.802. The van der Waals surface area contributed by atoms with Crippen LogP contribution < -0.4 is 5.73 Å². The van der Waals surface area contributed by atoms with Crippen molar-refractivity contribution in [1.82, 2.24) is 0 Å². The minimum Gasteiger partial charge on any atom is -0.328 e. The second-order valence-electron chi connectivity index (χ2n) is 4.74. The van der Waals surface area contributed by atoms with E-state index in [1.807, 2.05) is 0 Å². The predicted octanol–water partition coefficient (Wildman–Crippen LogP) is 3.53. The fourth-order valence-electron chi connectivity index (χ4n) is 2.24. The maximum atomic E-state index is 5.90. The van der Waals surface area contributed by atoms with Gasteiger partial charge in [0.25, 0.3) is 0 Å². The second kappa shape index (κ2) is 5.31. The third kappa shape index (κ3) is 2.96. The molecule has 0 unspecified atom stereocenters. The van der Waals surface area contributed by atoms with Gasteiger partial charge in [0.1, 0.15) is 0 Å². The molecule has 0 amide bonds. The Balaban J connectivity index is 2.04. The molecule has 0 aliphatic heterocycles. The molecule has 1 aromatic carbocycles. The molecule has 1 aliphatic carbocycles. The Morgan fingerprint density at radius 2 is 1.81 bits per heavy atom. The van der Waals surface area contributed by atoms with Gasteiger partial charge in [-0.1, -0.05) is 42.8 Å². The molecule has 16 heavy (non-hydrogen) atoms. The van der Waals surface area contributed by atoms with Crippen molar-refractivity contribution in [2.75, 3.05) is 0 Å². The van der Waals surface area contributed by atoms with Gasteiger partial charge in [0, 0.05) is 6.04 Å². The lowest BCUT2D eigenvalue weighted by Gasteiger charge is -2.20. The first-order valence-electron chi connectivity index (χ1n) is 6.32. The smallest absolute Gasteiger partial charge is 0.00449 e. The molecule has 0 aromatic heterocycles. The number of aryl methyl sites for hydroxylation is 1. The first-order chi connectivity index (χ1) is 7.78. The van der Waals surface area contributed by atoms with E-state index in [-0.39, 0.29) is 0 Å². The number of benzene rings is 1. The average molecular weight is 215 g/mol. The molecule has 0 atom stereocenters. The molecule has 1 nitrogen and oxygen atoms in total. The van der Waals surface area contributed by atoms with Gasteiger partial charge in [-0.2, -0.15) is 0 Å². The second-order valence-corrected chi connectivity index (χ2v) is 4.74. The lowest BCUT2D eigenvalue weighted by molar-refractivity contribution is 0.514. The fraction of sp³-hybridized carbons (Fsp3) is 0.467. The van der Waals surface area contributed by atoms with E-state index in [1.54, 1.807) is 5.57 Å². The van der Waals surface area contributed by atoms with Gasteiger partial charge in [0.2, 0.25) is 0 Å². The lowest BCUT2D eigenvalue weighted by Crippen LogP contribution is -2.23. The van der Waals surface area contributed by atoms with Crippen LogP contribution in [0.1, 0.15) is 43.7 Å². The molecule has 2 rings (SSSR count). The van der Waals surface area contributed by atoms with Crippen LogP contribution in [0.15, 0.2) is 29.8 Å². The number of hydrogen-bond acceptors (Lipinski definition) is 1. The van der Waals surface area contributed by atoms with Gasteiger partial charge >= 0.3 is 0 Å². The van der Waals surface area contributed by atoms with Crippen LogP contribution in [0.2, 0.25) is 0 Å². The van der Waals surface area contributed by atoms with Gasteiger partial charge in [-0.25, -0.2) is 0 Å². The van der Waals surface area contributed by atoms with Crippen LogP contribution >= 0.6 is 0 Å². The molecule has 1 fully saturated rings. The topological polar surface area (TPSA) is 26.0 Å². The van der Waals surface area contributed by atoms with E-state index < -0.39 is 0 Å². The Hall–Kier alpha value is -1.08. The van der Waals surface area contributed by atoms with Gasteiger partial charge < -0.3 is 5.73 Å². The van der Waals surface area contributed by atoms with E-state index >= 15 is 0 Å². The minimum atomic E-state index is 0.430. The Morgan fingerprint density at radius 1 is 1.19 bits per heavy atom. The summed E-state index contributed by atoms with van der Waals surface area (Å²) in [5.41, 5.74) is 10.2. The Labute approximate surface area is 98.4 Å². The Morgan fingerprint density at radius 3 is 2.38 bits per heavy atom. The molecule has 0 spiro atoms. The summed E-state index contributed by atoms with van der Waals surface area (Å²) in [5.74, 6) is 0. The van der Waals surface area contributed by atoms with E-state index in [2.05, 4.69) is 37.3 Å². The number of nitrogens with two attached hydrogens (primary N) is 1. The van der Waals surface area contributed by atoms with Crippen LogP contribution in [0.3, 0.4) is 0 Å². The lowest BCUT2D eigenvalue weighted by atomic mass is 9.90. The van der Waals surface area contributed by atoms with Gasteiger partial charge in [-0.05, 0) is 43.2 Å². The summed E-state index contributed by atoms with van der Waals surface area (Å²) in [6.45, 7) is 2.19. The van der Waals surface area contributed by atoms with Crippen molar-refractivity contribution in [2.24, 2.45) is 5.73 Å². The van der Waals surface area contributed by atoms with Crippen molar-refractivity contribution < 1.29 is 0 Å². The van der Waals surface area contributed by atoms with Gasteiger partial charge in [-0.3, -0.25) is 0 Å². The molecule has 0 radical (unpaired) electrons. The number of rotatable bonds is 2. The first kappa shape index (κ1) is 11.4. The maximum absolute atomic E-state index is 5.90. The number of allylic oxidation sites excluding steroid dienone is 1. The zero-order valence-corrected chi connectivity index (χ0v) is 10.1. The van der Waals surface area contributed by atoms with Crippen molar-refractivity contribution in [3.63, 3.8) is 0 Å². The van der Waals surface area contributed by atoms with Crippen LogP contribution in [0.25, 0.3) is 6.08 Å². The average Bonchev–Trinajstić information content (AvgIpc) is 2.33. The molecular weight excluding hydrogens is 194 g/mol. The summed E-state index contributed by atoms with van der Waals surface area (Å²) in [6.07, 6.45) is 8.11. The van der Waals surface area contributed by atoms with E-state index in [1.165, 1.54) is 24.0 Å². The van der Waals surface area contributed by atoms with Gasteiger partial charge in [-0.15, -0.1) is 0 Å². The molecule has 1 aromatic rings. The third-order valence-corrected chi connectivity index (χ3v) is 3.43. The fourth-order valence-corrected chi connectivity index (χ4v) is 2.24.